The molecule has 1 aliphatic rings. The molecule has 1 saturated heterocycles. The first-order valence-corrected chi connectivity index (χ1v) is 4.42. The minimum absolute atomic E-state index is 0.245. The van der Waals surface area contributed by atoms with Crippen LogP contribution in [0.2, 0.25) is 0 Å². The molecule has 0 aromatic heterocycles. The van der Waals surface area contributed by atoms with Gasteiger partial charge in [0.2, 0.25) is 5.67 Å². The van der Waals surface area contributed by atoms with E-state index in [1.54, 1.807) is 13.0 Å². The zero-order valence-electron chi connectivity index (χ0n) is 7.81. The van der Waals surface area contributed by atoms with Crippen LogP contribution in [-0.4, -0.2) is 30.2 Å². The number of hydrogen-bond acceptors (Lipinski definition) is 2. The summed E-state index contributed by atoms with van der Waals surface area (Å²) in [4.78, 5) is 1.95. The van der Waals surface area contributed by atoms with Gasteiger partial charge < -0.3 is 0 Å². The van der Waals surface area contributed by atoms with Gasteiger partial charge in [-0.25, -0.2) is 4.39 Å². The summed E-state index contributed by atoms with van der Waals surface area (Å²) in [6.07, 6.45) is 1.10. The predicted molar refractivity (Wildman–Crippen MR) is 48.6 cm³/mol. The molecule has 3 heteroatoms. The third-order valence-corrected chi connectivity index (χ3v) is 2.23. The van der Waals surface area contributed by atoms with Gasteiger partial charge in [-0.15, -0.1) is 11.8 Å². The SMILES string of the molecule is CC#CCCN1CCC(F)(C#N)C1. The van der Waals surface area contributed by atoms with Gasteiger partial charge in [-0.05, 0) is 6.92 Å². The Morgan fingerprint density at radius 2 is 2.38 bits per heavy atom. The molecule has 13 heavy (non-hydrogen) atoms. The molecular formula is C10H13FN2. The van der Waals surface area contributed by atoms with Crippen LogP contribution in [0.5, 0.6) is 0 Å². The van der Waals surface area contributed by atoms with Crippen molar-refractivity contribution in [1.29, 1.82) is 5.26 Å². The molecule has 1 rings (SSSR count). The van der Waals surface area contributed by atoms with Crippen molar-refractivity contribution >= 4 is 0 Å². The smallest absolute Gasteiger partial charge is 0.209 e. The molecule has 0 amide bonds. The fourth-order valence-corrected chi connectivity index (χ4v) is 1.47. The molecule has 0 aromatic carbocycles. The Balaban J connectivity index is 2.33. The second-order valence-electron chi connectivity index (χ2n) is 3.28. The summed E-state index contributed by atoms with van der Waals surface area (Å²) < 4.78 is 13.4. The number of alkyl halides is 1. The standard InChI is InChI=1S/C10H13FN2/c1-2-3-4-6-13-7-5-10(11,8-12)9-13/h4-7,9H2,1H3. The van der Waals surface area contributed by atoms with Crippen LogP contribution in [0.1, 0.15) is 19.8 Å². The molecule has 0 bridgehead atoms. The van der Waals surface area contributed by atoms with Crippen molar-refractivity contribution in [3.63, 3.8) is 0 Å². The molecule has 2 nitrogen and oxygen atoms in total. The second-order valence-corrected chi connectivity index (χ2v) is 3.28. The van der Waals surface area contributed by atoms with Crippen LogP contribution in [0.15, 0.2) is 0 Å². The Morgan fingerprint density at radius 1 is 1.62 bits per heavy atom. The predicted octanol–water partition coefficient (Wildman–Crippen LogP) is 1.34. The number of nitrogens with zero attached hydrogens (tertiary/aromatic N) is 2. The summed E-state index contributed by atoms with van der Waals surface area (Å²) in [6, 6.07) is 1.72. The minimum Gasteiger partial charge on any atom is -0.298 e. The molecule has 1 fully saturated rings. The van der Waals surface area contributed by atoms with Crippen LogP contribution in [-0.2, 0) is 0 Å². The van der Waals surface area contributed by atoms with E-state index >= 15 is 0 Å². The van der Waals surface area contributed by atoms with E-state index in [4.69, 9.17) is 5.26 Å². The molecular weight excluding hydrogens is 167 g/mol. The lowest BCUT2D eigenvalue weighted by atomic mass is 10.1. The van der Waals surface area contributed by atoms with E-state index < -0.39 is 5.67 Å². The van der Waals surface area contributed by atoms with Crippen LogP contribution in [0.3, 0.4) is 0 Å². The van der Waals surface area contributed by atoms with Crippen LogP contribution in [0, 0.1) is 23.2 Å². The first kappa shape index (κ1) is 10.0. The van der Waals surface area contributed by atoms with Crippen molar-refractivity contribution in [3.05, 3.63) is 0 Å². The van der Waals surface area contributed by atoms with E-state index in [-0.39, 0.29) is 6.54 Å². The Morgan fingerprint density at radius 3 is 2.92 bits per heavy atom. The topological polar surface area (TPSA) is 27.0 Å². The van der Waals surface area contributed by atoms with E-state index in [1.807, 2.05) is 4.90 Å². The number of nitriles is 1. The normalized spacial score (nSPS) is 27.8. The highest BCUT2D eigenvalue weighted by Crippen LogP contribution is 2.24. The number of hydrogen-bond donors (Lipinski definition) is 0. The second kappa shape index (κ2) is 4.25. The van der Waals surface area contributed by atoms with Crippen molar-refractivity contribution in [3.8, 4) is 17.9 Å². The average Bonchev–Trinajstić information content (AvgIpc) is 2.50. The summed E-state index contributed by atoms with van der Waals surface area (Å²) in [5.74, 6) is 5.71. The van der Waals surface area contributed by atoms with Crippen molar-refractivity contribution in [2.24, 2.45) is 0 Å². The lowest BCUT2D eigenvalue weighted by Crippen LogP contribution is -2.28. The van der Waals surface area contributed by atoms with Gasteiger partial charge in [-0.3, -0.25) is 4.90 Å². The van der Waals surface area contributed by atoms with Gasteiger partial charge in [0.05, 0.1) is 0 Å². The maximum atomic E-state index is 13.4. The van der Waals surface area contributed by atoms with E-state index in [9.17, 15) is 4.39 Å². The fraction of sp³-hybridized carbons (Fsp3) is 0.700. The summed E-state index contributed by atoms with van der Waals surface area (Å²) in [6.45, 7) is 3.48. The van der Waals surface area contributed by atoms with E-state index in [0.29, 0.717) is 13.0 Å². The lowest BCUT2D eigenvalue weighted by molar-refractivity contribution is 0.230. The lowest BCUT2D eigenvalue weighted by Gasteiger charge is -2.13. The molecule has 0 aromatic rings. The molecule has 1 unspecified atom stereocenters. The average molecular weight is 180 g/mol. The fourth-order valence-electron chi connectivity index (χ4n) is 1.47. The minimum atomic E-state index is -1.61. The quantitative estimate of drug-likeness (QED) is 0.599. The van der Waals surface area contributed by atoms with Gasteiger partial charge >= 0.3 is 0 Å². The van der Waals surface area contributed by atoms with Gasteiger partial charge in [0.25, 0.3) is 0 Å². The Kier molecular flexibility index (Phi) is 3.28. The van der Waals surface area contributed by atoms with Gasteiger partial charge in [0, 0.05) is 32.5 Å². The summed E-state index contributed by atoms with van der Waals surface area (Å²) in [5, 5.41) is 8.54. The molecule has 70 valence electrons. The van der Waals surface area contributed by atoms with E-state index in [0.717, 1.165) is 13.0 Å². The summed E-state index contributed by atoms with van der Waals surface area (Å²) >= 11 is 0. The van der Waals surface area contributed by atoms with Crippen LogP contribution < -0.4 is 0 Å². The highest BCUT2D eigenvalue weighted by Gasteiger charge is 2.37. The zero-order valence-corrected chi connectivity index (χ0v) is 7.81. The van der Waals surface area contributed by atoms with Crippen molar-refractivity contribution in [2.45, 2.75) is 25.4 Å². The Labute approximate surface area is 78.3 Å². The molecule has 0 radical (unpaired) electrons. The van der Waals surface area contributed by atoms with Crippen LogP contribution >= 0.6 is 0 Å². The van der Waals surface area contributed by atoms with Gasteiger partial charge in [-0.2, -0.15) is 5.26 Å². The highest BCUT2D eigenvalue weighted by atomic mass is 19.1. The van der Waals surface area contributed by atoms with Crippen LogP contribution in [0.4, 0.5) is 4.39 Å². The van der Waals surface area contributed by atoms with Crippen molar-refractivity contribution < 1.29 is 4.39 Å². The van der Waals surface area contributed by atoms with Gasteiger partial charge in [0.15, 0.2) is 0 Å². The Hall–Kier alpha value is -1.06. The summed E-state index contributed by atoms with van der Waals surface area (Å²) in [7, 11) is 0. The maximum Gasteiger partial charge on any atom is 0.209 e. The molecule has 0 aliphatic carbocycles. The first-order chi connectivity index (χ1) is 6.20. The van der Waals surface area contributed by atoms with Gasteiger partial charge in [-0.1, -0.05) is 0 Å². The van der Waals surface area contributed by atoms with E-state index in [1.165, 1.54) is 0 Å². The van der Waals surface area contributed by atoms with Crippen molar-refractivity contribution in [2.75, 3.05) is 19.6 Å². The molecule has 0 N–H and O–H groups in total. The maximum absolute atomic E-state index is 13.4. The van der Waals surface area contributed by atoms with Crippen molar-refractivity contribution in [1.82, 2.24) is 4.90 Å². The molecule has 1 aliphatic heterocycles. The number of halogens is 1. The van der Waals surface area contributed by atoms with Gasteiger partial charge in [0.1, 0.15) is 6.07 Å². The molecule has 0 saturated carbocycles. The highest BCUT2D eigenvalue weighted by molar-refractivity contribution is 5.07. The number of rotatable bonds is 2. The third kappa shape index (κ3) is 2.72. The molecule has 0 spiro atoms. The van der Waals surface area contributed by atoms with Crippen LogP contribution in [0.25, 0.3) is 0 Å². The molecule has 1 heterocycles. The Bertz CT molecular complexity index is 271. The monoisotopic (exact) mass is 180 g/mol. The number of likely N-dealkylation sites (tertiary alicyclic amines) is 1. The third-order valence-electron chi connectivity index (χ3n) is 2.23. The summed E-state index contributed by atoms with van der Waals surface area (Å²) in [5.41, 5.74) is -1.61. The largest absolute Gasteiger partial charge is 0.298 e. The molecule has 1 atom stereocenters. The van der Waals surface area contributed by atoms with E-state index in [2.05, 4.69) is 11.8 Å². The zero-order chi connectivity index (χ0) is 9.73. The first-order valence-electron chi connectivity index (χ1n) is 4.42.